The predicted molar refractivity (Wildman–Crippen MR) is 106 cm³/mol. The summed E-state index contributed by atoms with van der Waals surface area (Å²) in [6.45, 7) is 3.06. The van der Waals surface area contributed by atoms with Crippen LogP contribution >= 0.6 is 0 Å². The topological polar surface area (TPSA) is 86.4 Å². The maximum absolute atomic E-state index is 11.3. The second-order valence-electron chi connectivity index (χ2n) is 6.18. The number of aromatic nitrogens is 1. The van der Waals surface area contributed by atoms with Gasteiger partial charge in [-0.25, -0.2) is 13.1 Å². The molecule has 26 heavy (non-hydrogen) atoms. The molecule has 7 heteroatoms. The van der Waals surface area contributed by atoms with Crippen LogP contribution in [0.2, 0.25) is 0 Å². The minimum atomic E-state index is -3.24. The fourth-order valence-electron chi connectivity index (χ4n) is 3.17. The minimum absolute atomic E-state index is 0.243. The zero-order valence-electron chi connectivity index (χ0n) is 15.1. The molecule has 0 fully saturated rings. The average Bonchev–Trinajstić information content (AvgIpc) is 2.91. The number of hydrogen-bond acceptors (Lipinski definition) is 4. The highest BCUT2D eigenvalue weighted by molar-refractivity contribution is 7.88. The lowest BCUT2D eigenvalue weighted by Crippen LogP contribution is -2.21. The Labute approximate surface area is 153 Å². The Bertz CT molecular complexity index is 1060. The number of methoxy groups -OCH3 is 1. The standard InChI is InChI=1S/C19H23N3O3S/c1-4-22-17-11-15(25-2)8-9-16(17)18(20)19(22)14-7-5-6-13(10-14)12-21-26(3,23)24/h5-11,21H,4,12,20H2,1-3H3. The van der Waals surface area contributed by atoms with Crippen molar-refractivity contribution in [2.75, 3.05) is 19.1 Å². The highest BCUT2D eigenvalue weighted by atomic mass is 32.2. The lowest BCUT2D eigenvalue weighted by Gasteiger charge is -2.11. The SMILES string of the molecule is CCn1c(-c2cccc(CNS(C)(=O)=O)c2)c(N)c2ccc(OC)cc21. The van der Waals surface area contributed by atoms with Gasteiger partial charge in [-0.2, -0.15) is 0 Å². The van der Waals surface area contributed by atoms with Crippen LogP contribution in [0.15, 0.2) is 42.5 Å². The zero-order chi connectivity index (χ0) is 18.9. The molecule has 2 aromatic carbocycles. The third-order valence-electron chi connectivity index (χ3n) is 4.37. The molecule has 0 saturated carbocycles. The quantitative estimate of drug-likeness (QED) is 0.695. The summed E-state index contributed by atoms with van der Waals surface area (Å²) in [5, 5.41) is 0.974. The number of nitrogens with two attached hydrogens (primary N) is 1. The van der Waals surface area contributed by atoms with Crippen molar-refractivity contribution in [2.24, 2.45) is 0 Å². The Kier molecular flexibility index (Phi) is 4.93. The fourth-order valence-corrected chi connectivity index (χ4v) is 3.59. The van der Waals surface area contributed by atoms with Gasteiger partial charge >= 0.3 is 0 Å². The summed E-state index contributed by atoms with van der Waals surface area (Å²) >= 11 is 0. The second kappa shape index (κ2) is 7.01. The van der Waals surface area contributed by atoms with Crippen molar-refractivity contribution in [3.05, 3.63) is 48.0 Å². The summed E-state index contributed by atoms with van der Waals surface area (Å²) in [6.07, 6.45) is 1.15. The number of nitrogen functional groups attached to an aromatic ring is 1. The summed E-state index contributed by atoms with van der Waals surface area (Å²) in [4.78, 5) is 0. The van der Waals surface area contributed by atoms with Crippen LogP contribution in [0.4, 0.5) is 5.69 Å². The predicted octanol–water partition coefficient (Wildman–Crippen LogP) is 2.97. The van der Waals surface area contributed by atoms with Crippen LogP contribution < -0.4 is 15.2 Å². The number of benzene rings is 2. The number of ether oxygens (including phenoxy) is 1. The van der Waals surface area contributed by atoms with Gasteiger partial charge in [-0.05, 0) is 30.7 Å². The highest BCUT2D eigenvalue weighted by Crippen LogP contribution is 2.37. The molecule has 0 atom stereocenters. The number of nitrogens with zero attached hydrogens (tertiary/aromatic N) is 1. The van der Waals surface area contributed by atoms with Crippen LogP contribution in [0.3, 0.4) is 0 Å². The van der Waals surface area contributed by atoms with Crippen LogP contribution in [0.25, 0.3) is 22.2 Å². The van der Waals surface area contributed by atoms with Gasteiger partial charge in [0.25, 0.3) is 0 Å². The fraction of sp³-hybridized carbons (Fsp3) is 0.263. The Morgan fingerprint density at radius 2 is 1.96 bits per heavy atom. The number of nitrogens with one attached hydrogen (secondary N) is 1. The summed E-state index contributed by atoms with van der Waals surface area (Å²) in [6, 6.07) is 13.6. The summed E-state index contributed by atoms with van der Waals surface area (Å²) in [5.41, 5.74) is 10.9. The number of rotatable bonds is 6. The lowest BCUT2D eigenvalue weighted by atomic mass is 10.1. The van der Waals surface area contributed by atoms with Crippen molar-refractivity contribution in [3.8, 4) is 17.0 Å². The third-order valence-corrected chi connectivity index (χ3v) is 5.03. The van der Waals surface area contributed by atoms with Gasteiger partial charge in [-0.3, -0.25) is 0 Å². The first-order valence-electron chi connectivity index (χ1n) is 8.33. The molecule has 138 valence electrons. The van der Waals surface area contributed by atoms with E-state index in [0.29, 0.717) is 5.69 Å². The van der Waals surface area contributed by atoms with Crippen LogP contribution in [0, 0.1) is 0 Å². The molecule has 3 rings (SSSR count). The third kappa shape index (κ3) is 3.54. The van der Waals surface area contributed by atoms with Gasteiger partial charge in [-0.1, -0.05) is 18.2 Å². The monoisotopic (exact) mass is 373 g/mol. The first kappa shape index (κ1) is 18.3. The van der Waals surface area contributed by atoms with Crippen LogP contribution in [-0.4, -0.2) is 26.4 Å². The Balaban J connectivity index is 2.11. The number of aryl methyl sites for hydroxylation is 1. The molecule has 0 radical (unpaired) electrons. The summed E-state index contributed by atoms with van der Waals surface area (Å²) in [5.74, 6) is 0.780. The number of hydrogen-bond donors (Lipinski definition) is 2. The molecule has 3 N–H and O–H groups in total. The van der Waals surface area contributed by atoms with Gasteiger partial charge < -0.3 is 15.0 Å². The number of fused-ring (bicyclic) bond motifs is 1. The van der Waals surface area contributed by atoms with Crippen LogP contribution in [0.1, 0.15) is 12.5 Å². The van der Waals surface area contributed by atoms with E-state index in [1.165, 1.54) is 0 Å². The highest BCUT2D eigenvalue weighted by Gasteiger charge is 2.16. The molecule has 0 spiro atoms. The average molecular weight is 373 g/mol. The van der Waals surface area contributed by atoms with E-state index in [4.69, 9.17) is 10.5 Å². The normalized spacial score (nSPS) is 11.8. The van der Waals surface area contributed by atoms with Gasteiger partial charge in [0, 0.05) is 30.1 Å². The maximum atomic E-state index is 11.3. The molecule has 0 aliphatic rings. The van der Waals surface area contributed by atoms with Crippen molar-refractivity contribution in [1.82, 2.24) is 9.29 Å². The van der Waals surface area contributed by atoms with Gasteiger partial charge in [0.2, 0.25) is 10.0 Å². The molecule has 0 bridgehead atoms. The van der Waals surface area contributed by atoms with Gasteiger partial charge in [0.05, 0.1) is 30.3 Å². The van der Waals surface area contributed by atoms with Crippen molar-refractivity contribution in [3.63, 3.8) is 0 Å². The molecule has 1 aromatic heterocycles. The van der Waals surface area contributed by atoms with Crippen molar-refractivity contribution >= 4 is 26.6 Å². The van der Waals surface area contributed by atoms with E-state index in [1.54, 1.807) is 7.11 Å². The Hall–Kier alpha value is -2.51. The largest absolute Gasteiger partial charge is 0.497 e. The maximum Gasteiger partial charge on any atom is 0.209 e. The van der Waals surface area contributed by atoms with E-state index in [2.05, 4.69) is 16.2 Å². The molecular weight excluding hydrogens is 350 g/mol. The van der Waals surface area contributed by atoms with Crippen molar-refractivity contribution in [1.29, 1.82) is 0 Å². The van der Waals surface area contributed by atoms with E-state index < -0.39 is 10.0 Å². The van der Waals surface area contributed by atoms with E-state index in [0.717, 1.165) is 46.3 Å². The molecule has 0 amide bonds. The molecule has 3 aromatic rings. The van der Waals surface area contributed by atoms with E-state index in [9.17, 15) is 8.42 Å². The molecule has 6 nitrogen and oxygen atoms in total. The smallest absolute Gasteiger partial charge is 0.209 e. The van der Waals surface area contributed by atoms with Gasteiger partial charge in [-0.15, -0.1) is 0 Å². The number of sulfonamides is 1. The first-order valence-corrected chi connectivity index (χ1v) is 10.2. The van der Waals surface area contributed by atoms with E-state index >= 15 is 0 Å². The summed E-state index contributed by atoms with van der Waals surface area (Å²) < 4.78 is 32.7. The van der Waals surface area contributed by atoms with Gasteiger partial charge in [0.15, 0.2) is 0 Å². The molecule has 0 unspecified atom stereocenters. The zero-order valence-corrected chi connectivity index (χ0v) is 15.9. The van der Waals surface area contributed by atoms with Crippen molar-refractivity contribution < 1.29 is 13.2 Å². The molecular formula is C19H23N3O3S. The lowest BCUT2D eigenvalue weighted by molar-refractivity contribution is 0.415. The molecule has 0 aliphatic carbocycles. The van der Waals surface area contributed by atoms with E-state index in [-0.39, 0.29) is 6.54 Å². The van der Waals surface area contributed by atoms with Crippen molar-refractivity contribution in [2.45, 2.75) is 20.0 Å². The first-order chi connectivity index (χ1) is 12.3. The Morgan fingerprint density at radius 3 is 2.62 bits per heavy atom. The Morgan fingerprint density at radius 1 is 1.19 bits per heavy atom. The second-order valence-corrected chi connectivity index (χ2v) is 8.02. The van der Waals surface area contributed by atoms with Crippen LogP contribution in [0.5, 0.6) is 5.75 Å². The van der Waals surface area contributed by atoms with E-state index in [1.807, 2.05) is 42.5 Å². The molecule has 0 saturated heterocycles. The minimum Gasteiger partial charge on any atom is -0.497 e. The molecule has 0 aliphatic heterocycles. The summed E-state index contributed by atoms with van der Waals surface area (Å²) in [7, 11) is -1.60. The number of anilines is 1. The van der Waals surface area contributed by atoms with Crippen LogP contribution in [-0.2, 0) is 23.1 Å². The molecule has 1 heterocycles. The van der Waals surface area contributed by atoms with Gasteiger partial charge in [0.1, 0.15) is 5.75 Å².